The SMILES string of the molecule is CC(C)C1OCCC1CNC(=O)C1CC12CCNCC2. The monoisotopic (exact) mass is 280 g/mol. The van der Waals surface area contributed by atoms with Crippen LogP contribution in [0.1, 0.15) is 39.5 Å². The van der Waals surface area contributed by atoms with Gasteiger partial charge in [0.05, 0.1) is 6.10 Å². The lowest BCUT2D eigenvalue weighted by Gasteiger charge is -2.24. The van der Waals surface area contributed by atoms with E-state index in [9.17, 15) is 4.79 Å². The van der Waals surface area contributed by atoms with Crippen LogP contribution in [0.4, 0.5) is 0 Å². The van der Waals surface area contributed by atoms with Crippen molar-refractivity contribution in [3.05, 3.63) is 0 Å². The molecular formula is C16H28N2O2. The van der Waals surface area contributed by atoms with E-state index in [1.165, 1.54) is 12.8 Å². The van der Waals surface area contributed by atoms with Crippen LogP contribution >= 0.6 is 0 Å². The topological polar surface area (TPSA) is 50.4 Å². The summed E-state index contributed by atoms with van der Waals surface area (Å²) in [7, 11) is 0. The molecule has 0 aromatic carbocycles. The number of carbonyl (C=O) groups excluding carboxylic acids is 1. The van der Waals surface area contributed by atoms with Crippen molar-refractivity contribution >= 4 is 5.91 Å². The van der Waals surface area contributed by atoms with Gasteiger partial charge in [-0.05, 0) is 50.1 Å². The van der Waals surface area contributed by atoms with Gasteiger partial charge in [-0.1, -0.05) is 13.8 Å². The van der Waals surface area contributed by atoms with Gasteiger partial charge in [0.25, 0.3) is 0 Å². The van der Waals surface area contributed by atoms with E-state index < -0.39 is 0 Å². The molecule has 1 aliphatic carbocycles. The number of rotatable bonds is 4. The van der Waals surface area contributed by atoms with Crippen LogP contribution in [0, 0.1) is 23.2 Å². The van der Waals surface area contributed by atoms with Crippen molar-refractivity contribution in [2.24, 2.45) is 23.2 Å². The highest BCUT2D eigenvalue weighted by Crippen LogP contribution is 2.58. The van der Waals surface area contributed by atoms with Crippen LogP contribution in [0.15, 0.2) is 0 Å². The third-order valence-corrected chi connectivity index (χ3v) is 5.56. The van der Waals surface area contributed by atoms with Crippen LogP contribution in [0.3, 0.4) is 0 Å². The Morgan fingerprint density at radius 1 is 1.40 bits per heavy atom. The number of ether oxygens (including phenoxy) is 1. The predicted octanol–water partition coefficient (Wildman–Crippen LogP) is 1.55. The van der Waals surface area contributed by atoms with Crippen molar-refractivity contribution in [2.75, 3.05) is 26.2 Å². The molecule has 4 heteroatoms. The minimum atomic E-state index is 0.282. The van der Waals surface area contributed by atoms with Crippen LogP contribution in [-0.2, 0) is 9.53 Å². The van der Waals surface area contributed by atoms with E-state index in [1.54, 1.807) is 0 Å². The molecule has 3 atom stereocenters. The first-order chi connectivity index (χ1) is 9.62. The molecule has 0 radical (unpaired) electrons. The Bertz CT molecular complexity index is 363. The van der Waals surface area contributed by atoms with Crippen LogP contribution in [0.2, 0.25) is 0 Å². The number of hydrogen-bond donors (Lipinski definition) is 2. The fourth-order valence-electron chi connectivity index (χ4n) is 4.16. The van der Waals surface area contributed by atoms with Gasteiger partial charge >= 0.3 is 0 Å². The number of nitrogens with one attached hydrogen (secondary N) is 2. The standard InChI is InChI=1S/C16H28N2O2/c1-11(2)14-12(3-8-20-14)10-18-15(19)13-9-16(13)4-6-17-7-5-16/h11-14,17H,3-10H2,1-2H3,(H,18,19). The summed E-state index contributed by atoms with van der Waals surface area (Å²) in [5, 5.41) is 6.59. The first kappa shape index (κ1) is 14.3. The Hall–Kier alpha value is -0.610. The van der Waals surface area contributed by atoms with E-state index in [2.05, 4.69) is 24.5 Å². The van der Waals surface area contributed by atoms with Gasteiger partial charge in [-0.25, -0.2) is 0 Å². The van der Waals surface area contributed by atoms with Crippen molar-refractivity contribution in [3.63, 3.8) is 0 Å². The average molecular weight is 280 g/mol. The molecule has 3 rings (SSSR count). The molecule has 4 nitrogen and oxygen atoms in total. The van der Waals surface area contributed by atoms with Crippen LogP contribution in [0.25, 0.3) is 0 Å². The number of amides is 1. The average Bonchev–Trinajstić information content (AvgIpc) is 2.92. The maximum atomic E-state index is 12.3. The van der Waals surface area contributed by atoms with Crippen LogP contribution in [0.5, 0.6) is 0 Å². The molecule has 3 fully saturated rings. The van der Waals surface area contributed by atoms with Gasteiger partial charge in [0.15, 0.2) is 0 Å². The van der Waals surface area contributed by atoms with Crippen LogP contribution < -0.4 is 10.6 Å². The fourth-order valence-corrected chi connectivity index (χ4v) is 4.16. The molecule has 0 aromatic heterocycles. The van der Waals surface area contributed by atoms with Crippen LogP contribution in [-0.4, -0.2) is 38.3 Å². The Labute approximate surface area is 122 Å². The number of carbonyl (C=O) groups is 1. The molecule has 0 bridgehead atoms. The largest absolute Gasteiger partial charge is 0.378 e. The lowest BCUT2D eigenvalue weighted by atomic mass is 9.91. The molecule has 1 saturated carbocycles. The quantitative estimate of drug-likeness (QED) is 0.821. The van der Waals surface area contributed by atoms with Crippen molar-refractivity contribution in [3.8, 4) is 0 Å². The Kier molecular flexibility index (Phi) is 4.04. The van der Waals surface area contributed by atoms with Crippen molar-refractivity contribution in [1.82, 2.24) is 10.6 Å². The highest BCUT2D eigenvalue weighted by Gasteiger charge is 2.57. The number of piperidine rings is 1. The minimum Gasteiger partial charge on any atom is -0.378 e. The lowest BCUT2D eigenvalue weighted by molar-refractivity contribution is -0.123. The van der Waals surface area contributed by atoms with Gasteiger partial charge in [0, 0.05) is 25.0 Å². The Morgan fingerprint density at radius 3 is 2.85 bits per heavy atom. The molecule has 20 heavy (non-hydrogen) atoms. The summed E-state index contributed by atoms with van der Waals surface area (Å²) in [6.45, 7) is 8.21. The normalized spacial score (nSPS) is 35.5. The molecular weight excluding hydrogens is 252 g/mol. The van der Waals surface area contributed by atoms with Gasteiger partial charge in [0.2, 0.25) is 5.91 Å². The zero-order chi connectivity index (χ0) is 14.2. The smallest absolute Gasteiger partial charge is 0.223 e. The lowest BCUT2D eigenvalue weighted by Crippen LogP contribution is -2.37. The zero-order valence-electron chi connectivity index (χ0n) is 12.8. The van der Waals surface area contributed by atoms with Gasteiger partial charge in [-0.3, -0.25) is 4.79 Å². The molecule has 2 heterocycles. The summed E-state index contributed by atoms with van der Waals surface area (Å²) in [6, 6.07) is 0. The molecule has 3 aliphatic rings. The predicted molar refractivity (Wildman–Crippen MR) is 78.3 cm³/mol. The molecule has 2 aliphatic heterocycles. The summed E-state index contributed by atoms with van der Waals surface area (Å²) in [6.07, 6.45) is 4.86. The molecule has 1 spiro atoms. The summed E-state index contributed by atoms with van der Waals surface area (Å²) in [5.41, 5.74) is 0.346. The third-order valence-electron chi connectivity index (χ3n) is 5.56. The molecule has 2 saturated heterocycles. The second-order valence-electron chi connectivity index (χ2n) is 7.24. The molecule has 0 aromatic rings. The maximum absolute atomic E-state index is 12.3. The van der Waals surface area contributed by atoms with Crippen molar-refractivity contribution in [1.29, 1.82) is 0 Å². The Balaban J connectivity index is 1.46. The first-order valence-electron chi connectivity index (χ1n) is 8.22. The van der Waals surface area contributed by atoms with E-state index >= 15 is 0 Å². The summed E-state index contributed by atoms with van der Waals surface area (Å²) >= 11 is 0. The molecule has 1 amide bonds. The van der Waals surface area contributed by atoms with E-state index in [0.29, 0.717) is 29.3 Å². The van der Waals surface area contributed by atoms with Gasteiger partial charge in [-0.15, -0.1) is 0 Å². The van der Waals surface area contributed by atoms with Gasteiger partial charge in [-0.2, -0.15) is 0 Å². The van der Waals surface area contributed by atoms with E-state index in [0.717, 1.165) is 39.1 Å². The zero-order valence-corrected chi connectivity index (χ0v) is 12.8. The van der Waals surface area contributed by atoms with Gasteiger partial charge in [0.1, 0.15) is 0 Å². The van der Waals surface area contributed by atoms with Gasteiger partial charge < -0.3 is 15.4 Å². The highest BCUT2D eigenvalue weighted by atomic mass is 16.5. The fraction of sp³-hybridized carbons (Fsp3) is 0.938. The first-order valence-corrected chi connectivity index (χ1v) is 8.22. The molecule has 114 valence electrons. The maximum Gasteiger partial charge on any atom is 0.223 e. The molecule has 3 unspecified atom stereocenters. The third kappa shape index (κ3) is 2.73. The minimum absolute atomic E-state index is 0.282. The highest BCUT2D eigenvalue weighted by molar-refractivity contribution is 5.82. The summed E-state index contributed by atoms with van der Waals surface area (Å²) in [4.78, 5) is 12.3. The summed E-state index contributed by atoms with van der Waals surface area (Å²) < 4.78 is 5.79. The second-order valence-corrected chi connectivity index (χ2v) is 7.24. The Morgan fingerprint density at radius 2 is 2.15 bits per heavy atom. The van der Waals surface area contributed by atoms with E-state index in [1.807, 2.05) is 0 Å². The van der Waals surface area contributed by atoms with E-state index in [-0.39, 0.29) is 5.92 Å². The second kappa shape index (κ2) is 5.64. The number of hydrogen-bond acceptors (Lipinski definition) is 3. The van der Waals surface area contributed by atoms with Crippen molar-refractivity contribution < 1.29 is 9.53 Å². The van der Waals surface area contributed by atoms with E-state index in [4.69, 9.17) is 4.74 Å². The van der Waals surface area contributed by atoms with Crippen molar-refractivity contribution in [2.45, 2.75) is 45.6 Å². The molecule has 2 N–H and O–H groups in total. The summed E-state index contributed by atoms with van der Waals surface area (Å²) in [5.74, 6) is 1.61.